The second kappa shape index (κ2) is 4.64. The van der Waals surface area contributed by atoms with Gasteiger partial charge in [-0.25, -0.2) is 8.42 Å². The van der Waals surface area contributed by atoms with Crippen molar-refractivity contribution in [3.63, 3.8) is 0 Å². The summed E-state index contributed by atoms with van der Waals surface area (Å²) in [5.41, 5.74) is -0.388. The van der Waals surface area contributed by atoms with Gasteiger partial charge in [-0.1, -0.05) is 20.8 Å². The Bertz CT molecular complexity index is 619. The Kier molecular flexibility index (Phi) is 3.90. The van der Waals surface area contributed by atoms with Gasteiger partial charge in [-0.15, -0.1) is 0 Å². The SMILES string of the molecule is CC(C)(C)CS(=O)(=O)c1ccc(S(=O)(=O)O)cc1. The molecule has 5 nitrogen and oxygen atoms in total. The largest absolute Gasteiger partial charge is 0.294 e. The summed E-state index contributed by atoms with van der Waals surface area (Å²) in [6.07, 6.45) is 0. The third kappa shape index (κ3) is 4.08. The van der Waals surface area contributed by atoms with Crippen molar-refractivity contribution < 1.29 is 21.4 Å². The number of benzene rings is 1. The van der Waals surface area contributed by atoms with Crippen molar-refractivity contribution in [3.05, 3.63) is 24.3 Å². The molecule has 0 fully saturated rings. The number of hydrogen-bond acceptors (Lipinski definition) is 4. The van der Waals surface area contributed by atoms with E-state index in [-0.39, 0.29) is 21.0 Å². The quantitative estimate of drug-likeness (QED) is 0.857. The Morgan fingerprint density at radius 3 is 1.67 bits per heavy atom. The highest BCUT2D eigenvalue weighted by atomic mass is 32.2. The lowest BCUT2D eigenvalue weighted by Gasteiger charge is -2.18. The molecular formula is C11H16O5S2. The van der Waals surface area contributed by atoms with Crippen LogP contribution >= 0.6 is 0 Å². The zero-order valence-corrected chi connectivity index (χ0v) is 12.0. The summed E-state index contributed by atoms with van der Waals surface area (Å²) in [5.74, 6) is -0.0365. The van der Waals surface area contributed by atoms with Gasteiger partial charge >= 0.3 is 0 Å². The predicted molar refractivity (Wildman–Crippen MR) is 67.8 cm³/mol. The van der Waals surface area contributed by atoms with Gasteiger partial charge in [0, 0.05) is 0 Å². The molecule has 1 aromatic rings. The highest BCUT2D eigenvalue weighted by molar-refractivity contribution is 7.91. The van der Waals surface area contributed by atoms with Crippen molar-refractivity contribution in [2.24, 2.45) is 5.41 Å². The molecule has 0 aliphatic heterocycles. The van der Waals surface area contributed by atoms with Gasteiger partial charge in [-0.2, -0.15) is 8.42 Å². The number of sulfone groups is 1. The van der Waals surface area contributed by atoms with Crippen LogP contribution in [0, 0.1) is 5.41 Å². The van der Waals surface area contributed by atoms with E-state index in [0.29, 0.717) is 0 Å². The van der Waals surface area contributed by atoms with Crippen LogP contribution in [0.1, 0.15) is 20.8 Å². The third-order valence-corrected chi connectivity index (χ3v) is 5.21. The molecule has 0 saturated heterocycles. The van der Waals surface area contributed by atoms with E-state index in [1.807, 2.05) is 0 Å². The van der Waals surface area contributed by atoms with Crippen LogP contribution in [0.4, 0.5) is 0 Å². The van der Waals surface area contributed by atoms with Crippen molar-refractivity contribution in [2.45, 2.75) is 30.6 Å². The molecule has 1 rings (SSSR count). The molecule has 0 radical (unpaired) electrons. The van der Waals surface area contributed by atoms with Crippen molar-refractivity contribution in [2.75, 3.05) is 5.75 Å². The highest BCUT2D eigenvalue weighted by Gasteiger charge is 2.23. The molecular weight excluding hydrogens is 276 g/mol. The van der Waals surface area contributed by atoms with E-state index in [1.165, 1.54) is 12.1 Å². The standard InChI is InChI=1S/C11H16O5S2/c1-11(2,3)8-17(12,13)9-4-6-10(7-5-9)18(14,15)16/h4-7H,8H2,1-3H3,(H,14,15,16). The van der Waals surface area contributed by atoms with Gasteiger partial charge in [0.05, 0.1) is 15.5 Å². The van der Waals surface area contributed by atoms with Crippen molar-refractivity contribution in [1.82, 2.24) is 0 Å². The van der Waals surface area contributed by atoms with E-state index in [0.717, 1.165) is 12.1 Å². The minimum atomic E-state index is -4.30. The Hall–Kier alpha value is -0.920. The number of hydrogen-bond donors (Lipinski definition) is 1. The second-order valence-corrected chi connectivity index (χ2v) is 8.68. The summed E-state index contributed by atoms with van der Waals surface area (Å²) in [5, 5.41) is 0. The molecule has 1 aromatic carbocycles. The van der Waals surface area contributed by atoms with E-state index in [4.69, 9.17) is 4.55 Å². The number of rotatable bonds is 3. The molecule has 0 aromatic heterocycles. The first kappa shape index (κ1) is 15.1. The molecule has 0 bridgehead atoms. The van der Waals surface area contributed by atoms with Crippen LogP contribution in [-0.2, 0) is 20.0 Å². The van der Waals surface area contributed by atoms with Crippen LogP contribution in [0.2, 0.25) is 0 Å². The van der Waals surface area contributed by atoms with E-state index < -0.39 is 20.0 Å². The molecule has 0 aliphatic rings. The monoisotopic (exact) mass is 292 g/mol. The minimum absolute atomic E-state index is 0.0365. The fraction of sp³-hybridized carbons (Fsp3) is 0.455. The van der Waals surface area contributed by atoms with Crippen LogP contribution in [0.25, 0.3) is 0 Å². The lowest BCUT2D eigenvalue weighted by molar-refractivity contribution is 0.461. The summed E-state index contributed by atoms with van der Waals surface area (Å²) in [6.45, 7) is 5.41. The Morgan fingerprint density at radius 1 is 0.944 bits per heavy atom. The normalized spacial score (nSPS) is 13.6. The molecule has 1 N–H and O–H groups in total. The molecule has 0 aliphatic carbocycles. The van der Waals surface area contributed by atoms with E-state index >= 15 is 0 Å². The zero-order valence-electron chi connectivity index (χ0n) is 10.4. The molecule has 0 saturated carbocycles. The molecule has 0 atom stereocenters. The maximum absolute atomic E-state index is 12.0. The molecule has 7 heteroatoms. The summed E-state index contributed by atoms with van der Waals surface area (Å²) in [4.78, 5) is -0.276. The second-order valence-electron chi connectivity index (χ2n) is 5.27. The Balaban J connectivity index is 3.14. The zero-order chi connectivity index (χ0) is 14.2. The van der Waals surface area contributed by atoms with E-state index in [9.17, 15) is 16.8 Å². The van der Waals surface area contributed by atoms with Gasteiger partial charge in [0.2, 0.25) is 0 Å². The van der Waals surface area contributed by atoms with Crippen LogP contribution in [0.3, 0.4) is 0 Å². The van der Waals surface area contributed by atoms with Gasteiger partial charge in [-0.3, -0.25) is 4.55 Å². The summed E-state index contributed by atoms with van der Waals surface area (Å²) >= 11 is 0. The molecule has 0 spiro atoms. The van der Waals surface area contributed by atoms with Crippen LogP contribution < -0.4 is 0 Å². The van der Waals surface area contributed by atoms with Crippen molar-refractivity contribution in [3.8, 4) is 0 Å². The van der Waals surface area contributed by atoms with Crippen LogP contribution in [0.5, 0.6) is 0 Å². The summed E-state index contributed by atoms with van der Waals surface area (Å²) < 4.78 is 54.4. The van der Waals surface area contributed by atoms with Crippen LogP contribution in [0.15, 0.2) is 34.1 Å². The highest BCUT2D eigenvalue weighted by Crippen LogP contribution is 2.22. The first-order chi connectivity index (χ1) is 7.92. The lowest BCUT2D eigenvalue weighted by Crippen LogP contribution is -2.20. The van der Waals surface area contributed by atoms with Gasteiger partial charge in [0.1, 0.15) is 0 Å². The Labute approximate surface area is 108 Å². The predicted octanol–water partition coefficient (Wildman–Crippen LogP) is 1.75. The molecule has 0 amide bonds. The van der Waals surface area contributed by atoms with Crippen molar-refractivity contribution >= 4 is 20.0 Å². The van der Waals surface area contributed by atoms with Crippen LogP contribution in [-0.4, -0.2) is 27.1 Å². The van der Waals surface area contributed by atoms with Gasteiger partial charge in [0.15, 0.2) is 9.84 Å². The smallest absolute Gasteiger partial charge is 0.282 e. The van der Waals surface area contributed by atoms with Gasteiger partial charge in [-0.05, 0) is 29.7 Å². The van der Waals surface area contributed by atoms with E-state index in [2.05, 4.69) is 0 Å². The average Bonchev–Trinajstić information content (AvgIpc) is 2.13. The maximum Gasteiger partial charge on any atom is 0.294 e. The molecule has 0 unspecified atom stereocenters. The van der Waals surface area contributed by atoms with Crippen molar-refractivity contribution in [1.29, 1.82) is 0 Å². The fourth-order valence-electron chi connectivity index (χ4n) is 1.47. The lowest BCUT2D eigenvalue weighted by atomic mass is 10.0. The Morgan fingerprint density at radius 2 is 1.33 bits per heavy atom. The molecule has 18 heavy (non-hydrogen) atoms. The average molecular weight is 292 g/mol. The molecule has 102 valence electrons. The summed E-state index contributed by atoms with van der Waals surface area (Å²) in [7, 11) is -7.75. The maximum atomic E-state index is 12.0. The first-order valence-electron chi connectivity index (χ1n) is 5.22. The van der Waals surface area contributed by atoms with Gasteiger partial charge < -0.3 is 0 Å². The first-order valence-corrected chi connectivity index (χ1v) is 8.31. The van der Waals surface area contributed by atoms with E-state index in [1.54, 1.807) is 20.8 Å². The summed E-state index contributed by atoms with van der Waals surface area (Å²) in [6, 6.07) is 4.52. The minimum Gasteiger partial charge on any atom is -0.282 e. The third-order valence-electron chi connectivity index (χ3n) is 2.10. The topological polar surface area (TPSA) is 88.5 Å². The fourth-order valence-corrected chi connectivity index (χ4v) is 3.81. The van der Waals surface area contributed by atoms with Gasteiger partial charge in [0.25, 0.3) is 10.1 Å². The molecule has 0 heterocycles.